The van der Waals surface area contributed by atoms with E-state index in [1.54, 1.807) is 0 Å². The zero-order chi connectivity index (χ0) is 13.1. The smallest absolute Gasteiger partial charge is 0.245 e. The molecule has 0 radical (unpaired) electrons. The lowest BCUT2D eigenvalue weighted by Gasteiger charge is -2.08. The first-order valence-electron chi connectivity index (χ1n) is 5.61. The SMILES string of the molecule is NNc1nc2nonc2nc1NCc1ccccc1. The largest absolute Gasteiger partial charge is 0.363 e. The molecule has 8 nitrogen and oxygen atoms in total. The topological polar surface area (TPSA) is 115 Å². The van der Waals surface area contributed by atoms with Gasteiger partial charge in [-0.2, -0.15) is 4.98 Å². The van der Waals surface area contributed by atoms with Gasteiger partial charge in [0, 0.05) is 6.54 Å². The molecule has 0 unspecified atom stereocenters. The number of hydrogen-bond donors (Lipinski definition) is 3. The Morgan fingerprint density at radius 2 is 1.68 bits per heavy atom. The maximum atomic E-state index is 5.41. The second-order valence-corrected chi connectivity index (χ2v) is 3.82. The van der Waals surface area contributed by atoms with Crippen LogP contribution in [-0.2, 0) is 6.54 Å². The van der Waals surface area contributed by atoms with Crippen LogP contribution in [0.3, 0.4) is 0 Å². The van der Waals surface area contributed by atoms with Gasteiger partial charge in [-0.25, -0.2) is 15.5 Å². The number of nitrogen functional groups attached to an aromatic ring is 1. The molecule has 0 saturated heterocycles. The van der Waals surface area contributed by atoms with Crippen molar-refractivity contribution in [2.75, 3.05) is 10.7 Å². The van der Waals surface area contributed by atoms with Crippen molar-refractivity contribution in [3.8, 4) is 0 Å². The van der Waals surface area contributed by atoms with E-state index in [1.165, 1.54) is 0 Å². The highest BCUT2D eigenvalue weighted by molar-refractivity contribution is 5.72. The maximum Gasteiger partial charge on any atom is 0.245 e. The van der Waals surface area contributed by atoms with Gasteiger partial charge >= 0.3 is 0 Å². The van der Waals surface area contributed by atoms with Crippen molar-refractivity contribution in [2.24, 2.45) is 5.84 Å². The molecule has 0 spiro atoms. The summed E-state index contributed by atoms with van der Waals surface area (Å²) in [6.45, 7) is 0.598. The Balaban J connectivity index is 1.86. The summed E-state index contributed by atoms with van der Waals surface area (Å²) in [6, 6.07) is 9.91. The number of fused-ring (bicyclic) bond motifs is 1. The summed E-state index contributed by atoms with van der Waals surface area (Å²) >= 11 is 0. The van der Waals surface area contributed by atoms with E-state index in [0.717, 1.165) is 5.56 Å². The van der Waals surface area contributed by atoms with Crippen LogP contribution in [0, 0.1) is 0 Å². The molecular formula is C11H11N7O. The fourth-order valence-electron chi connectivity index (χ4n) is 1.64. The molecule has 96 valence electrons. The lowest BCUT2D eigenvalue weighted by molar-refractivity contribution is 0.314. The Kier molecular flexibility index (Phi) is 2.91. The first-order valence-corrected chi connectivity index (χ1v) is 5.61. The van der Waals surface area contributed by atoms with Crippen LogP contribution in [0.15, 0.2) is 35.0 Å². The van der Waals surface area contributed by atoms with Gasteiger partial charge in [0.1, 0.15) is 0 Å². The van der Waals surface area contributed by atoms with Crippen molar-refractivity contribution in [2.45, 2.75) is 6.54 Å². The average Bonchev–Trinajstić information content (AvgIpc) is 2.92. The van der Waals surface area contributed by atoms with E-state index in [1.807, 2.05) is 30.3 Å². The molecule has 0 amide bonds. The first-order chi connectivity index (χ1) is 9.36. The molecule has 0 bridgehead atoms. The Morgan fingerprint density at radius 3 is 2.37 bits per heavy atom. The zero-order valence-electron chi connectivity index (χ0n) is 9.87. The van der Waals surface area contributed by atoms with Gasteiger partial charge in [-0.15, -0.1) is 0 Å². The van der Waals surface area contributed by atoms with E-state index in [9.17, 15) is 0 Å². The van der Waals surface area contributed by atoms with E-state index in [4.69, 9.17) is 5.84 Å². The Hall–Kier alpha value is -2.74. The van der Waals surface area contributed by atoms with Crippen LogP contribution in [0.25, 0.3) is 11.3 Å². The Bertz CT molecular complexity index is 682. The minimum absolute atomic E-state index is 0.304. The Morgan fingerprint density at radius 1 is 1.00 bits per heavy atom. The van der Waals surface area contributed by atoms with Gasteiger partial charge in [-0.3, -0.25) is 0 Å². The van der Waals surface area contributed by atoms with Crippen molar-refractivity contribution >= 4 is 22.9 Å². The third-order valence-corrected chi connectivity index (χ3v) is 2.55. The molecular weight excluding hydrogens is 246 g/mol. The minimum atomic E-state index is 0.304. The van der Waals surface area contributed by atoms with Crippen molar-refractivity contribution in [3.63, 3.8) is 0 Å². The molecule has 4 N–H and O–H groups in total. The maximum absolute atomic E-state index is 5.41. The van der Waals surface area contributed by atoms with E-state index in [0.29, 0.717) is 29.5 Å². The molecule has 0 aliphatic heterocycles. The quantitative estimate of drug-likeness (QED) is 0.466. The fraction of sp³-hybridized carbons (Fsp3) is 0.0909. The van der Waals surface area contributed by atoms with Gasteiger partial charge < -0.3 is 10.7 Å². The summed E-state index contributed by atoms with van der Waals surface area (Å²) in [5, 5.41) is 10.4. The fourth-order valence-corrected chi connectivity index (χ4v) is 1.64. The predicted molar refractivity (Wildman–Crippen MR) is 69.0 cm³/mol. The molecule has 19 heavy (non-hydrogen) atoms. The number of rotatable bonds is 4. The van der Waals surface area contributed by atoms with Gasteiger partial charge in [0.15, 0.2) is 11.6 Å². The number of nitrogens with two attached hydrogens (primary N) is 1. The molecule has 0 aliphatic rings. The van der Waals surface area contributed by atoms with Crippen LogP contribution in [0.1, 0.15) is 5.56 Å². The molecule has 2 aromatic heterocycles. The molecule has 0 saturated carbocycles. The van der Waals surface area contributed by atoms with Crippen LogP contribution < -0.4 is 16.6 Å². The number of nitrogens with zero attached hydrogens (tertiary/aromatic N) is 4. The Labute approximate surface area is 108 Å². The molecule has 0 fully saturated rings. The predicted octanol–water partition coefficient (Wildman–Crippen LogP) is 0.910. The molecule has 0 aliphatic carbocycles. The molecule has 3 aromatic rings. The van der Waals surface area contributed by atoms with Gasteiger partial charge in [-0.1, -0.05) is 30.3 Å². The van der Waals surface area contributed by atoms with Crippen LogP contribution in [0.5, 0.6) is 0 Å². The monoisotopic (exact) mass is 257 g/mol. The number of hydrogen-bond acceptors (Lipinski definition) is 8. The molecule has 8 heteroatoms. The summed E-state index contributed by atoms with van der Waals surface area (Å²) in [4.78, 5) is 8.38. The number of benzene rings is 1. The van der Waals surface area contributed by atoms with Crippen molar-refractivity contribution in [3.05, 3.63) is 35.9 Å². The average molecular weight is 257 g/mol. The van der Waals surface area contributed by atoms with E-state index >= 15 is 0 Å². The molecule has 2 heterocycles. The highest BCUT2D eigenvalue weighted by atomic mass is 16.6. The van der Waals surface area contributed by atoms with Crippen molar-refractivity contribution in [1.82, 2.24) is 20.3 Å². The minimum Gasteiger partial charge on any atom is -0.363 e. The molecule has 0 atom stereocenters. The standard InChI is InChI=1S/C11H11N7O/c12-16-9-8(13-6-7-4-2-1-3-5-7)14-10-11(15-9)18-19-17-10/h1-5H,6,12H2,(H,13,14,17)(H,15,16,18). The van der Waals surface area contributed by atoms with Crippen LogP contribution in [0.2, 0.25) is 0 Å². The van der Waals surface area contributed by atoms with E-state index in [-0.39, 0.29) is 0 Å². The van der Waals surface area contributed by atoms with Gasteiger partial charge in [0.25, 0.3) is 0 Å². The second-order valence-electron chi connectivity index (χ2n) is 3.82. The van der Waals surface area contributed by atoms with Crippen LogP contribution >= 0.6 is 0 Å². The third-order valence-electron chi connectivity index (χ3n) is 2.55. The molecule has 1 aromatic carbocycles. The lowest BCUT2D eigenvalue weighted by Crippen LogP contribution is -2.13. The summed E-state index contributed by atoms with van der Waals surface area (Å²) in [5.41, 5.74) is 4.22. The normalized spacial score (nSPS) is 10.6. The van der Waals surface area contributed by atoms with Crippen molar-refractivity contribution in [1.29, 1.82) is 0 Å². The van der Waals surface area contributed by atoms with Crippen molar-refractivity contribution < 1.29 is 4.63 Å². The second kappa shape index (κ2) is 4.86. The van der Waals surface area contributed by atoms with Gasteiger partial charge in [-0.05, 0) is 15.9 Å². The highest BCUT2D eigenvalue weighted by Crippen LogP contribution is 2.18. The summed E-state index contributed by atoms with van der Waals surface area (Å²) in [7, 11) is 0. The molecule has 3 rings (SSSR count). The van der Waals surface area contributed by atoms with Crippen LogP contribution in [-0.4, -0.2) is 20.3 Å². The van der Waals surface area contributed by atoms with Gasteiger partial charge in [0.05, 0.1) is 0 Å². The summed E-state index contributed by atoms with van der Waals surface area (Å²) < 4.78 is 4.56. The third kappa shape index (κ3) is 2.29. The first kappa shape index (κ1) is 11.4. The number of anilines is 2. The van der Waals surface area contributed by atoms with E-state index in [2.05, 4.69) is 35.7 Å². The van der Waals surface area contributed by atoms with Gasteiger partial charge in [0.2, 0.25) is 11.3 Å². The van der Waals surface area contributed by atoms with E-state index < -0.39 is 0 Å². The lowest BCUT2D eigenvalue weighted by atomic mass is 10.2. The van der Waals surface area contributed by atoms with Crippen LogP contribution in [0.4, 0.5) is 11.6 Å². The summed E-state index contributed by atoms with van der Waals surface area (Å²) in [5.74, 6) is 6.29. The number of nitrogens with one attached hydrogen (secondary N) is 2. The highest BCUT2D eigenvalue weighted by Gasteiger charge is 2.11. The zero-order valence-corrected chi connectivity index (χ0v) is 9.87. The summed E-state index contributed by atoms with van der Waals surface area (Å²) in [6.07, 6.45) is 0. The number of aromatic nitrogens is 4. The number of hydrazine groups is 1.